The number of nitrogens with zero attached hydrogens (tertiary/aromatic N) is 1. The molecule has 0 fully saturated rings. The molecule has 0 aliphatic heterocycles. The lowest BCUT2D eigenvalue weighted by atomic mass is 9.97. The average molecular weight is 318 g/mol. The van der Waals surface area contributed by atoms with Crippen molar-refractivity contribution in [1.82, 2.24) is 10.3 Å². The minimum Gasteiger partial charge on any atom is -0.445 e. The van der Waals surface area contributed by atoms with Crippen LogP contribution in [0.25, 0.3) is 0 Å². The second-order valence-corrected chi connectivity index (χ2v) is 6.65. The summed E-state index contributed by atoms with van der Waals surface area (Å²) in [5.74, 6) is 0.961. The van der Waals surface area contributed by atoms with E-state index in [0.717, 1.165) is 11.5 Å². The SMILES string of the molecule is Cc1nc(C(C)(C)C)oc1CCC(=O)NCc1ccccc1F. The molecule has 0 aliphatic rings. The van der Waals surface area contributed by atoms with Crippen LogP contribution in [0.4, 0.5) is 4.39 Å². The molecular weight excluding hydrogens is 295 g/mol. The lowest BCUT2D eigenvalue weighted by molar-refractivity contribution is -0.121. The Bertz CT molecular complexity index is 687. The van der Waals surface area contributed by atoms with E-state index in [2.05, 4.69) is 10.3 Å². The molecule has 1 aromatic carbocycles. The van der Waals surface area contributed by atoms with Crippen LogP contribution in [-0.4, -0.2) is 10.9 Å². The largest absolute Gasteiger partial charge is 0.445 e. The van der Waals surface area contributed by atoms with Crippen LogP contribution in [0, 0.1) is 12.7 Å². The number of hydrogen-bond donors (Lipinski definition) is 1. The molecule has 0 saturated heterocycles. The van der Waals surface area contributed by atoms with Crippen molar-refractivity contribution in [1.29, 1.82) is 0 Å². The van der Waals surface area contributed by atoms with E-state index in [-0.39, 0.29) is 30.1 Å². The molecule has 5 heteroatoms. The smallest absolute Gasteiger partial charge is 0.220 e. The van der Waals surface area contributed by atoms with Crippen molar-refractivity contribution in [3.63, 3.8) is 0 Å². The van der Waals surface area contributed by atoms with Gasteiger partial charge in [0.25, 0.3) is 0 Å². The lowest BCUT2D eigenvalue weighted by Gasteiger charge is -2.12. The van der Waals surface area contributed by atoms with E-state index in [1.54, 1.807) is 18.2 Å². The van der Waals surface area contributed by atoms with Crippen LogP contribution in [0.3, 0.4) is 0 Å². The van der Waals surface area contributed by atoms with Gasteiger partial charge in [-0.1, -0.05) is 39.0 Å². The Labute approximate surface area is 136 Å². The molecule has 2 aromatic rings. The van der Waals surface area contributed by atoms with E-state index < -0.39 is 0 Å². The van der Waals surface area contributed by atoms with Crippen LogP contribution in [0.1, 0.15) is 50.1 Å². The number of aromatic nitrogens is 1. The molecule has 0 atom stereocenters. The number of halogens is 1. The molecule has 124 valence electrons. The van der Waals surface area contributed by atoms with Crippen LogP contribution in [0.15, 0.2) is 28.7 Å². The third kappa shape index (κ3) is 4.65. The first-order chi connectivity index (χ1) is 10.8. The zero-order valence-electron chi connectivity index (χ0n) is 14.1. The normalized spacial score (nSPS) is 11.5. The summed E-state index contributed by atoms with van der Waals surface area (Å²) in [6.45, 7) is 8.16. The molecule has 0 spiro atoms. The van der Waals surface area contributed by atoms with E-state index in [9.17, 15) is 9.18 Å². The number of amides is 1. The minimum absolute atomic E-state index is 0.138. The van der Waals surface area contributed by atoms with Crippen molar-refractivity contribution in [3.05, 3.63) is 53.0 Å². The maximum Gasteiger partial charge on any atom is 0.220 e. The summed E-state index contributed by atoms with van der Waals surface area (Å²) in [6, 6.07) is 6.41. The van der Waals surface area contributed by atoms with Gasteiger partial charge in [-0.3, -0.25) is 4.79 Å². The molecule has 1 heterocycles. The molecular formula is C18H23FN2O2. The number of rotatable bonds is 5. The third-order valence-corrected chi connectivity index (χ3v) is 3.55. The summed E-state index contributed by atoms with van der Waals surface area (Å²) < 4.78 is 19.2. The summed E-state index contributed by atoms with van der Waals surface area (Å²) in [5, 5.41) is 2.73. The fraction of sp³-hybridized carbons (Fsp3) is 0.444. The quantitative estimate of drug-likeness (QED) is 0.915. The first-order valence-corrected chi connectivity index (χ1v) is 7.74. The van der Waals surface area contributed by atoms with Crippen molar-refractivity contribution < 1.29 is 13.6 Å². The van der Waals surface area contributed by atoms with Crippen LogP contribution < -0.4 is 5.32 Å². The second kappa shape index (κ2) is 6.94. The van der Waals surface area contributed by atoms with Crippen molar-refractivity contribution in [2.45, 2.75) is 52.5 Å². The second-order valence-electron chi connectivity index (χ2n) is 6.65. The molecule has 0 aliphatic carbocycles. The zero-order valence-corrected chi connectivity index (χ0v) is 14.1. The Hall–Kier alpha value is -2.17. The lowest BCUT2D eigenvalue weighted by Crippen LogP contribution is -2.23. The Morgan fingerprint density at radius 1 is 1.30 bits per heavy atom. The molecule has 1 amide bonds. The maximum absolute atomic E-state index is 13.5. The number of carbonyl (C=O) groups is 1. The number of aryl methyl sites for hydroxylation is 2. The van der Waals surface area contributed by atoms with Crippen LogP contribution in [-0.2, 0) is 23.2 Å². The molecule has 0 unspecified atom stereocenters. The summed E-state index contributed by atoms with van der Waals surface area (Å²) in [7, 11) is 0. The Morgan fingerprint density at radius 3 is 2.61 bits per heavy atom. The van der Waals surface area contributed by atoms with E-state index in [1.807, 2.05) is 27.7 Å². The third-order valence-electron chi connectivity index (χ3n) is 3.55. The van der Waals surface area contributed by atoms with Gasteiger partial charge in [-0.05, 0) is 13.0 Å². The number of hydrogen-bond acceptors (Lipinski definition) is 3. The molecule has 1 N–H and O–H groups in total. The fourth-order valence-electron chi connectivity index (χ4n) is 2.13. The molecule has 0 saturated carbocycles. The van der Waals surface area contributed by atoms with Crippen LogP contribution in [0.5, 0.6) is 0 Å². The maximum atomic E-state index is 13.5. The van der Waals surface area contributed by atoms with Gasteiger partial charge in [0.2, 0.25) is 5.91 Å². The highest BCUT2D eigenvalue weighted by atomic mass is 19.1. The van der Waals surface area contributed by atoms with E-state index in [1.165, 1.54) is 6.07 Å². The molecule has 4 nitrogen and oxygen atoms in total. The van der Waals surface area contributed by atoms with Crippen molar-refractivity contribution in [2.24, 2.45) is 0 Å². The average Bonchev–Trinajstić information content (AvgIpc) is 2.85. The van der Waals surface area contributed by atoms with E-state index >= 15 is 0 Å². The van der Waals surface area contributed by atoms with Gasteiger partial charge in [0.15, 0.2) is 5.89 Å². The first-order valence-electron chi connectivity index (χ1n) is 7.74. The van der Waals surface area contributed by atoms with Crippen molar-refractivity contribution >= 4 is 5.91 Å². The monoisotopic (exact) mass is 318 g/mol. The molecule has 2 rings (SSSR count). The highest BCUT2D eigenvalue weighted by Gasteiger charge is 2.22. The Morgan fingerprint density at radius 2 is 2.00 bits per heavy atom. The number of oxazole rings is 1. The Kier molecular flexibility index (Phi) is 5.19. The van der Waals surface area contributed by atoms with Gasteiger partial charge in [-0.15, -0.1) is 0 Å². The van der Waals surface area contributed by atoms with E-state index in [4.69, 9.17) is 4.42 Å². The predicted molar refractivity (Wildman–Crippen MR) is 86.5 cm³/mol. The number of benzene rings is 1. The first kappa shape index (κ1) is 17.2. The number of carbonyl (C=O) groups excluding carboxylic acids is 1. The summed E-state index contributed by atoms with van der Waals surface area (Å²) in [4.78, 5) is 16.3. The van der Waals surface area contributed by atoms with Gasteiger partial charge in [0.1, 0.15) is 11.6 Å². The van der Waals surface area contributed by atoms with Gasteiger partial charge >= 0.3 is 0 Å². The fourth-order valence-corrected chi connectivity index (χ4v) is 2.13. The summed E-state index contributed by atoms with van der Waals surface area (Å²) >= 11 is 0. The highest BCUT2D eigenvalue weighted by Crippen LogP contribution is 2.24. The van der Waals surface area contributed by atoms with Crippen LogP contribution in [0.2, 0.25) is 0 Å². The highest BCUT2D eigenvalue weighted by molar-refractivity contribution is 5.76. The molecule has 23 heavy (non-hydrogen) atoms. The topological polar surface area (TPSA) is 55.1 Å². The van der Waals surface area contributed by atoms with Crippen LogP contribution >= 0.6 is 0 Å². The predicted octanol–water partition coefficient (Wildman–Crippen LogP) is 3.67. The minimum atomic E-state index is -0.311. The molecule has 0 radical (unpaired) electrons. The Balaban J connectivity index is 1.88. The summed E-state index contributed by atoms with van der Waals surface area (Å²) in [5.41, 5.74) is 1.14. The van der Waals surface area contributed by atoms with Gasteiger partial charge in [0.05, 0.1) is 5.69 Å². The molecule has 1 aromatic heterocycles. The van der Waals surface area contributed by atoms with Crippen molar-refractivity contribution in [2.75, 3.05) is 0 Å². The summed E-state index contributed by atoms with van der Waals surface area (Å²) in [6.07, 6.45) is 0.770. The van der Waals surface area contributed by atoms with Gasteiger partial charge < -0.3 is 9.73 Å². The molecule has 0 bridgehead atoms. The van der Waals surface area contributed by atoms with Crippen molar-refractivity contribution in [3.8, 4) is 0 Å². The van der Waals surface area contributed by atoms with Gasteiger partial charge in [-0.25, -0.2) is 9.37 Å². The standard InChI is InChI=1S/C18H23FN2O2/c1-12-15(23-17(21-12)18(2,3)4)9-10-16(22)20-11-13-7-5-6-8-14(13)19/h5-8H,9-11H2,1-4H3,(H,20,22). The van der Waals surface area contributed by atoms with Gasteiger partial charge in [0, 0.05) is 30.4 Å². The van der Waals surface area contributed by atoms with E-state index in [0.29, 0.717) is 17.9 Å². The number of nitrogens with one attached hydrogen (secondary N) is 1. The zero-order chi connectivity index (χ0) is 17.0. The van der Waals surface area contributed by atoms with Gasteiger partial charge in [-0.2, -0.15) is 0 Å².